The van der Waals surface area contributed by atoms with Gasteiger partial charge in [0.2, 0.25) is 0 Å². The zero-order valence-electron chi connectivity index (χ0n) is 17.1. The lowest BCUT2D eigenvalue weighted by atomic mass is 10.1. The summed E-state index contributed by atoms with van der Waals surface area (Å²) in [6, 6.07) is 21.7. The number of ether oxygens (including phenoxy) is 1. The van der Waals surface area contributed by atoms with E-state index in [9.17, 15) is 14.0 Å². The van der Waals surface area contributed by atoms with E-state index in [1.165, 1.54) is 24.3 Å². The molecule has 0 bridgehead atoms. The molecule has 4 rings (SSSR count). The molecule has 3 aromatic rings. The molecule has 3 aromatic carbocycles. The third-order valence-electron chi connectivity index (χ3n) is 4.92. The van der Waals surface area contributed by atoms with Crippen LogP contribution in [0, 0.1) is 17.1 Å². The van der Waals surface area contributed by atoms with E-state index in [1.54, 1.807) is 42.5 Å². The van der Waals surface area contributed by atoms with Gasteiger partial charge in [0.05, 0.1) is 17.3 Å². The molecule has 1 aliphatic rings. The predicted octanol–water partition coefficient (Wildman–Crippen LogP) is 4.11. The molecule has 162 valence electrons. The molecular formula is C25H16FN3O3S. The fourth-order valence-corrected chi connectivity index (χ4v) is 3.53. The summed E-state index contributed by atoms with van der Waals surface area (Å²) in [4.78, 5) is 26.4. The minimum atomic E-state index is -0.720. The Bertz CT molecular complexity index is 1330. The van der Waals surface area contributed by atoms with Crippen molar-refractivity contribution in [2.75, 3.05) is 4.90 Å². The Morgan fingerprint density at radius 3 is 2.45 bits per heavy atom. The van der Waals surface area contributed by atoms with Crippen molar-refractivity contribution in [2.24, 2.45) is 0 Å². The van der Waals surface area contributed by atoms with Crippen molar-refractivity contribution < 1.29 is 18.7 Å². The van der Waals surface area contributed by atoms with Crippen molar-refractivity contribution in [1.29, 1.82) is 5.26 Å². The molecule has 1 aliphatic heterocycles. The molecular weight excluding hydrogens is 441 g/mol. The summed E-state index contributed by atoms with van der Waals surface area (Å²) >= 11 is 5.09. The van der Waals surface area contributed by atoms with E-state index >= 15 is 0 Å². The standard InChI is InChI=1S/C25H16FN3O3S/c26-21-7-3-4-8-22(21)29-24(31)20(23(30)28-25(29)33)13-16-9-11-19(12-10-16)32-15-18-6-2-1-5-17(18)14-27/h1-13H,15H2,(H,28,30,33)/b20-13+. The van der Waals surface area contributed by atoms with Gasteiger partial charge in [-0.15, -0.1) is 0 Å². The molecule has 0 radical (unpaired) electrons. The maximum atomic E-state index is 14.2. The number of carbonyl (C=O) groups is 2. The molecule has 33 heavy (non-hydrogen) atoms. The summed E-state index contributed by atoms with van der Waals surface area (Å²) in [6.07, 6.45) is 1.40. The van der Waals surface area contributed by atoms with Gasteiger partial charge in [0, 0.05) is 5.56 Å². The van der Waals surface area contributed by atoms with Gasteiger partial charge >= 0.3 is 0 Å². The van der Waals surface area contributed by atoms with Crippen LogP contribution in [0.3, 0.4) is 0 Å². The van der Waals surface area contributed by atoms with Crippen molar-refractivity contribution in [3.05, 3.63) is 101 Å². The van der Waals surface area contributed by atoms with Crippen LogP contribution in [0.15, 0.2) is 78.4 Å². The minimum Gasteiger partial charge on any atom is -0.489 e. The zero-order valence-corrected chi connectivity index (χ0v) is 17.9. The molecule has 1 heterocycles. The molecule has 1 fully saturated rings. The van der Waals surface area contributed by atoms with E-state index < -0.39 is 17.6 Å². The number of amides is 2. The monoisotopic (exact) mass is 457 g/mol. The number of carbonyl (C=O) groups excluding carboxylic acids is 2. The topological polar surface area (TPSA) is 82.4 Å². The van der Waals surface area contributed by atoms with Gasteiger partial charge in [-0.25, -0.2) is 9.29 Å². The summed E-state index contributed by atoms with van der Waals surface area (Å²) < 4.78 is 20.0. The highest BCUT2D eigenvalue weighted by Crippen LogP contribution is 2.25. The van der Waals surface area contributed by atoms with E-state index in [2.05, 4.69) is 11.4 Å². The molecule has 0 atom stereocenters. The molecule has 6 nitrogen and oxygen atoms in total. The number of thiocarbonyl (C=S) groups is 1. The van der Waals surface area contributed by atoms with Gasteiger partial charge in [0.1, 0.15) is 23.7 Å². The highest BCUT2D eigenvalue weighted by molar-refractivity contribution is 7.80. The maximum absolute atomic E-state index is 14.2. The van der Waals surface area contributed by atoms with Gasteiger partial charge < -0.3 is 4.74 Å². The van der Waals surface area contributed by atoms with Crippen molar-refractivity contribution >= 4 is 40.9 Å². The second-order valence-corrected chi connectivity index (χ2v) is 7.42. The van der Waals surface area contributed by atoms with Crippen LogP contribution in [-0.4, -0.2) is 16.9 Å². The van der Waals surface area contributed by atoms with Gasteiger partial charge in [-0.3, -0.25) is 14.9 Å². The van der Waals surface area contributed by atoms with Gasteiger partial charge in [0.25, 0.3) is 11.8 Å². The van der Waals surface area contributed by atoms with Crippen LogP contribution in [-0.2, 0) is 16.2 Å². The lowest BCUT2D eigenvalue weighted by molar-refractivity contribution is -0.122. The largest absolute Gasteiger partial charge is 0.489 e. The average Bonchev–Trinajstić information content (AvgIpc) is 2.82. The van der Waals surface area contributed by atoms with Crippen molar-refractivity contribution in [3.8, 4) is 11.8 Å². The quantitative estimate of drug-likeness (QED) is 0.354. The Morgan fingerprint density at radius 1 is 1.03 bits per heavy atom. The summed E-state index contributed by atoms with van der Waals surface area (Å²) in [5.74, 6) is -1.46. The smallest absolute Gasteiger partial charge is 0.270 e. The van der Waals surface area contributed by atoms with Gasteiger partial charge in [-0.05, 0) is 54.2 Å². The number of para-hydroxylation sites is 1. The first-order chi connectivity index (χ1) is 16.0. The summed E-state index contributed by atoms with van der Waals surface area (Å²) in [7, 11) is 0. The number of benzene rings is 3. The van der Waals surface area contributed by atoms with Gasteiger partial charge in [-0.1, -0.05) is 42.5 Å². The number of nitriles is 1. The summed E-state index contributed by atoms with van der Waals surface area (Å²) in [5.41, 5.74) is 1.65. The molecule has 0 aromatic heterocycles. The van der Waals surface area contributed by atoms with Gasteiger partial charge in [0.15, 0.2) is 5.11 Å². The van der Waals surface area contributed by atoms with E-state index in [-0.39, 0.29) is 23.0 Å². The molecule has 8 heteroatoms. The second-order valence-electron chi connectivity index (χ2n) is 7.04. The van der Waals surface area contributed by atoms with Crippen LogP contribution in [0.1, 0.15) is 16.7 Å². The van der Waals surface area contributed by atoms with Crippen LogP contribution in [0.2, 0.25) is 0 Å². The van der Waals surface area contributed by atoms with E-state index in [1.807, 2.05) is 12.1 Å². The molecule has 0 saturated carbocycles. The fraction of sp³-hybridized carbons (Fsp3) is 0.0400. The van der Waals surface area contributed by atoms with Crippen LogP contribution in [0.5, 0.6) is 5.75 Å². The highest BCUT2D eigenvalue weighted by atomic mass is 32.1. The maximum Gasteiger partial charge on any atom is 0.270 e. The van der Waals surface area contributed by atoms with Crippen molar-refractivity contribution in [1.82, 2.24) is 5.32 Å². The molecule has 0 spiro atoms. The first kappa shape index (κ1) is 21.9. The summed E-state index contributed by atoms with van der Waals surface area (Å²) in [5, 5.41) is 11.4. The van der Waals surface area contributed by atoms with Crippen molar-refractivity contribution in [2.45, 2.75) is 6.61 Å². The summed E-state index contributed by atoms with van der Waals surface area (Å²) in [6.45, 7) is 0.222. The number of nitrogens with zero attached hydrogens (tertiary/aromatic N) is 2. The number of rotatable bonds is 5. The number of hydrogen-bond donors (Lipinski definition) is 1. The first-order valence-electron chi connectivity index (χ1n) is 9.85. The Labute approximate surface area is 194 Å². The first-order valence-corrected chi connectivity index (χ1v) is 10.3. The molecule has 1 saturated heterocycles. The Balaban J connectivity index is 1.53. The highest BCUT2D eigenvalue weighted by Gasteiger charge is 2.35. The van der Waals surface area contributed by atoms with E-state index in [0.717, 1.165) is 10.5 Å². The van der Waals surface area contributed by atoms with Crippen LogP contribution in [0.4, 0.5) is 10.1 Å². The van der Waals surface area contributed by atoms with E-state index in [4.69, 9.17) is 22.2 Å². The lowest BCUT2D eigenvalue weighted by Crippen LogP contribution is -2.54. The number of halogens is 1. The fourth-order valence-electron chi connectivity index (χ4n) is 3.25. The second kappa shape index (κ2) is 9.42. The Hall–Kier alpha value is -4.35. The minimum absolute atomic E-state index is 0.0419. The predicted molar refractivity (Wildman–Crippen MR) is 125 cm³/mol. The number of nitrogens with one attached hydrogen (secondary N) is 1. The van der Waals surface area contributed by atoms with Gasteiger partial charge in [-0.2, -0.15) is 5.26 Å². The van der Waals surface area contributed by atoms with Crippen LogP contribution in [0.25, 0.3) is 6.08 Å². The van der Waals surface area contributed by atoms with Crippen LogP contribution >= 0.6 is 12.2 Å². The SMILES string of the molecule is N#Cc1ccccc1COc1ccc(/C=C2\C(=O)NC(=S)N(c3ccccc3F)C2=O)cc1. The number of anilines is 1. The molecule has 2 amide bonds. The van der Waals surface area contributed by atoms with Crippen molar-refractivity contribution in [3.63, 3.8) is 0 Å². The Kier molecular flexibility index (Phi) is 6.24. The third-order valence-corrected chi connectivity index (χ3v) is 5.20. The average molecular weight is 457 g/mol. The normalized spacial score (nSPS) is 14.7. The molecule has 1 N–H and O–H groups in total. The Morgan fingerprint density at radius 2 is 1.73 bits per heavy atom. The molecule has 0 unspecified atom stereocenters. The molecule has 0 aliphatic carbocycles. The van der Waals surface area contributed by atoms with E-state index in [0.29, 0.717) is 16.9 Å². The third kappa shape index (κ3) is 4.63. The number of hydrogen-bond acceptors (Lipinski definition) is 5. The van der Waals surface area contributed by atoms with Crippen LogP contribution < -0.4 is 15.0 Å². The lowest BCUT2D eigenvalue weighted by Gasteiger charge is -2.29. The zero-order chi connectivity index (χ0) is 23.4.